The molecule has 1 amide bonds. The number of aromatic nitrogens is 2. The van der Waals surface area contributed by atoms with Gasteiger partial charge in [-0.1, -0.05) is 35.9 Å². The largest absolute Gasteiger partial charge is 0.415 e. The fourth-order valence-corrected chi connectivity index (χ4v) is 3.67. The molecule has 1 fully saturated rings. The van der Waals surface area contributed by atoms with Crippen LogP contribution in [0, 0.1) is 6.92 Å². The van der Waals surface area contributed by atoms with E-state index in [2.05, 4.69) is 17.1 Å². The number of nitrogens with one attached hydrogen (secondary N) is 1. The van der Waals surface area contributed by atoms with Gasteiger partial charge in [-0.15, -0.1) is 10.2 Å². The van der Waals surface area contributed by atoms with E-state index in [4.69, 9.17) is 4.42 Å². The Morgan fingerprint density at radius 3 is 2.54 bits per heavy atom. The molecule has 1 atom stereocenters. The van der Waals surface area contributed by atoms with Gasteiger partial charge in [0.05, 0.1) is 26.2 Å². The summed E-state index contributed by atoms with van der Waals surface area (Å²) in [7, 11) is 0. The number of carbonyl (C=O) groups excluding carboxylic acids is 1. The Kier molecular flexibility index (Phi) is 5.21. The van der Waals surface area contributed by atoms with Crippen LogP contribution in [-0.4, -0.2) is 47.2 Å². The fraction of sp³-hybridized carbons (Fsp3) is 0.318. The van der Waals surface area contributed by atoms with Gasteiger partial charge in [0.2, 0.25) is 5.89 Å². The normalized spacial score (nSPS) is 16.1. The fourth-order valence-electron chi connectivity index (χ4n) is 3.67. The molecule has 2 aromatic carbocycles. The van der Waals surface area contributed by atoms with E-state index >= 15 is 0 Å². The van der Waals surface area contributed by atoms with Crippen LogP contribution in [0.5, 0.6) is 0 Å². The van der Waals surface area contributed by atoms with E-state index in [1.165, 1.54) is 4.90 Å². The summed E-state index contributed by atoms with van der Waals surface area (Å²) in [6.45, 7) is 7.34. The number of carbonyl (C=O) groups is 1. The molecule has 6 nitrogen and oxygen atoms in total. The molecule has 0 saturated carbocycles. The van der Waals surface area contributed by atoms with Gasteiger partial charge in [-0.2, -0.15) is 0 Å². The molecule has 1 aliphatic rings. The monoisotopic (exact) mass is 377 g/mol. The number of aryl methyl sites for hydroxylation is 1. The van der Waals surface area contributed by atoms with Crippen LogP contribution in [0.1, 0.15) is 34.8 Å². The van der Waals surface area contributed by atoms with Crippen molar-refractivity contribution in [2.24, 2.45) is 0 Å². The minimum absolute atomic E-state index is 0.0973. The molecule has 0 unspecified atom stereocenters. The minimum atomic E-state index is 0.0973. The molecule has 0 radical (unpaired) electrons. The Morgan fingerprint density at radius 2 is 1.82 bits per heavy atom. The average molecular weight is 377 g/mol. The molecule has 1 aromatic heterocycles. The topological polar surface area (TPSA) is 63.7 Å². The van der Waals surface area contributed by atoms with Gasteiger partial charge >= 0.3 is 0 Å². The van der Waals surface area contributed by atoms with Crippen LogP contribution in [-0.2, 0) is 0 Å². The molecular weight excluding hydrogens is 352 g/mol. The van der Waals surface area contributed by atoms with Gasteiger partial charge in [0.1, 0.15) is 0 Å². The Balaban J connectivity index is 1.39. The van der Waals surface area contributed by atoms with Crippen molar-refractivity contribution in [2.75, 3.05) is 26.2 Å². The summed E-state index contributed by atoms with van der Waals surface area (Å²) in [5, 5.41) is 8.51. The van der Waals surface area contributed by atoms with Crippen molar-refractivity contribution in [1.29, 1.82) is 0 Å². The first-order valence-electron chi connectivity index (χ1n) is 9.71. The van der Waals surface area contributed by atoms with E-state index in [9.17, 15) is 4.79 Å². The van der Waals surface area contributed by atoms with Crippen molar-refractivity contribution in [3.63, 3.8) is 0 Å². The maximum Gasteiger partial charge on any atom is 0.274 e. The maximum atomic E-state index is 12.6. The Labute approximate surface area is 164 Å². The van der Waals surface area contributed by atoms with Crippen LogP contribution >= 0.6 is 0 Å². The zero-order valence-corrected chi connectivity index (χ0v) is 16.3. The zero-order chi connectivity index (χ0) is 19.5. The zero-order valence-electron chi connectivity index (χ0n) is 16.3. The van der Waals surface area contributed by atoms with E-state index in [-0.39, 0.29) is 11.9 Å². The molecule has 0 bridgehead atoms. The third kappa shape index (κ3) is 3.82. The second-order valence-corrected chi connectivity index (χ2v) is 7.35. The molecule has 1 N–H and O–H groups in total. The Bertz CT molecular complexity index is 946. The number of hydrogen-bond donors (Lipinski definition) is 1. The summed E-state index contributed by atoms with van der Waals surface area (Å²) >= 11 is 0. The third-order valence-electron chi connectivity index (χ3n) is 5.40. The SMILES string of the molecule is Cc1cccc(-c2nnc([C@H](C)[NH+]3CCN(C(=O)c4ccccc4)CC3)o2)c1. The Hall–Kier alpha value is -2.99. The first-order chi connectivity index (χ1) is 13.6. The van der Waals surface area contributed by atoms with Gasteiger partial charge in [-0.25, -0.2) is 0 Å². The molecule has 144 valence electrons. The van der Waals surface area contributed by atoms with Crippen LogP contribution < -0.4 is 4.90 Å². The van der Waals surface area contributed by atoms with Crippen molar-refractivity contribution >= 4 is 5.91 Å². The number of hydrogen-bond acceptors (Lipinski definition) is 4. The predicted molar refractivity (Wildman–Crippen MR) is 106 cm³/mol. The summed E-state index contributed by atoms with van der Waals surface area (Å²) in [5.74, 6) is 1.31. The summed E-state index contributed by atoms with van der Waals surface area (Å²) in [6, 6.07) is 17.6. The molecule has 3 aromatic rings. The lowest BCUT2D eigenvalue weighted by Gasteiger charge is -2.34. The quantitative estimate of drug-likeness (QED) is 0.757. The standard InChI is InChI=1S/C22H24N4O2/c1-16-7-6-10-19(15-16)21-24-23-20(28-21)17(2)25-11-13-26(14-12-25)22(27)18-8-4-3-5-9-18/h3-10,15,17H,11-14H2,1-2H3/p+1/t17-/m0/s1. The first-order valence-corrected chi connectivity index (χ1v) is 9.71. The molecule has 28 heavy (non-hydrogen) atoms. The van der Waals surface area contributed by atoms with Crippen molar-refractivity contribution in [2.45, 2.75) is 19.9 Å². The van der Waals surface area contributed by atoms with Crippen molar-refractivity contribution in [3.05, 3.63) is 71.6 Å². The van der Waals surface area contributed by atoms with Crippen LogP contribution in [0.3, 0.4) is 0 Å². The summed E-state index contributed by atoms with van der Waals surface area (Å²) in [6.07, 6.45) is 0. The number of nitrogens with zero attached hydrogens (tertiary/aromatic N) is 3. The molecule has 1 saturated heterocycles. The van der Waals surface area contributed by atoms with Crippen LogP contribution in [0.2, 0.25) is 0 Å². The lowest BCUT2D eigenvalue weighted by atomic mass is 10.1. The summed E-state index contributed by atoms with van der Waals surface area (Å²) < 4.78 is 5.96. The Morgan fingerprint density at radius 1 is 1.07 bits per heavy atom. The minimum Gasteiger partial charge on any atom is -0.415 e. The van der Waals surface area contributed by atoms with E-state index in [1.807, 2.05) is 66.4 Å². The van der Waals surface area contributed by atoms with E-state index in [0.29, 0.717) is 11.8 Å². The number of rotatable bonds is 4. The van der Waals surface area contributed by atoms with Crippen molar-refractivity contribution in [1.82, 2.24) is 15.1 Å². The van der Waals surface area contributed by atoms with Crippen LogP contribution in [0.15, 0.2) is 59.0 Å². The molecule has 4 rings (SSSR count). The number of piperazine rings is 1. The molecule has 2 heterocycles. The highest BCUT2D eigenvalue weighted by atomic mass is 16.4. The molecule has 0 spiro atoms. The van der Waals surface area contributed by atoms with E-state index in [0.717, 1.165) is 42.9 Å². The van der Waals surface area contributed by atoms with Gasteiger partial charge in [0.25, 0.3) is 11.8 Å². The highest BCUT2D eigenvalue weighted by molar-refractivity contribution is 5.94. The third-order valence-corrected chi connectivity index (χ3v) is 5.40. The van der Waals surface area contributed by atoms with Gasteiger partial charge in [-0.05, 0) is 38.1 Å². The number of amides is 1. The average Bonchev–Trinajstić information content (AvgIpc) is 3.24. The lowest BCUT2D eigenvalue weighted by molar-refractivity contribution is -0.934. The predicted octanol–water partition coefficient (Wildman–Crippen LogP) is 2.15. The molecule has 6 heteroatoms. The van der Waals surface area contributed by atoms with E-state index < -0.39 is 0 Å². The second-order valence-electron chi connectivity index (χ2n) is 7.35. The molecule has 1 aliphatic heterocycles. The second kappa shape index (κ2) is 7.94. The number of benzene rings is 2. The highest BCUT2D eigenvalue weighted by Crippen LogP contribution is 2.20. The lowest BCUT2D eigenvalue weighted by Crippen LogP contribution is -3.14. The smallest absolute Gasteiger partial charge is 0.274 e. The van der Waals surface area contributed by atoms with Crippen molar-refractivity contribution in [3.8, 4) is 11.5 Å². The van der Waals surface area contributed by atoms with Gasteiger partial charge < -0.3 is 14.2 Å². The van der Waals surface area contributed by atoms with Gasteiger partial charge in [0.15, 0.2) is 6.04 Å². The first kappa shape index (κ1) is 18.4. The molecular formula is C22H25N4O2+. The summed E-state index contributed by atoms with van der Waals surface area (Å²) in [5.41, 5.74) is 2.85. The number of quaternary nitrogens is 1. The van der Waals surface area contributed by atoms with Crippen LogP contribution in [0.25, 0.3) is 11.5 Å². The molecule has 0 aliphatic carbocycles. The van der Waals surface area contributed by atoms with Crippen LogP contribution in [0.4, 0.5) is 0 Å². The van der Waals surface area contributed by atoms with Crippen molar-refractivity contribution < 1.29 is 14.1 Å². The van der Waals surface area contributed by atoms with E-state index in [1.54, 1.807) is 0 Å². The van der Waals surface area contributed by atoms with Gasteiger partial charge in [0, 0.05) is 11.1 Å². The van der Waals surface area contributed by atoms with Gasteiger partial charge in [-0.3, -0.25) is 4.79 Å². The summed E-state index contributed by atoms with van der Waals surface area (Å²) in [4.78, 5) is 15.9. The maximum absolute atomic E-state index is 12.6. The highest BCUT2D eigenvalue weighted by Gasteiger charge is 2.31.